The highest BCUT2D eigenvalue weighted by Crippen LogP contribution is 2.49. The number of urea groups is 1. The quantitative estimate of drug-likeness (QED) is 0.874. The summed E-state index contributed by atoms with van der Waals surface area (Å²) in [6, 6.07) is 4.10. The largest absolute Gasteiger partial charge is 0.383 e. The zero-order chi connectivity index (χ0) is 15.5. The highest BCUT2D eigenvalue weighted by molar-refractivity contribution is 7.09. The molecule has 4 nitrogen and oxygen atoms in total. The third-order valence-electron chi connectivity index (χ3n) is 4.31. The Labute approximate surface area is 131 Å². The van der Waals surface area contributed by atoms with E-state index in [0.29, 0.717) is 19.7 Å². The maximum atomic E-state index is 12.6. The Morgan fingerprint density at radius 1 is 1.48 bits per heavy atom. The summed E-state index contributed by atoms with van der Waals surface area (Å²) in [5, 5.41) is 5.31. The predicted octanol–water partition coefficient (Wildman–Crippen LogP) is 3.48. The summed E-state index contributed by atoms with van der Waals surface area (Å²) < 4.78 is 5.14. The van der Waals surface area contributed by atoms with E-state index in [2.05, 4.69) is 32.2 Å². The van der Waals surface area contributed by atoms with Crippen LogP contribution >= 0.6 is 11.3 Å². The number of ether oxygens (including phenoxy) is 1. The molecule has 2 rings (SSSR count). The number of amides is 2. The molecule has 1 aliphatic rings. The highest BCUT2D eigenvalue weighted by Gasteiger charge is 2.53. The SMILES string of the molecule is COCCN(Cc1cccs1)C(=O)NC1(C(C)(C)C)CC1. The lowest BCUT2D eigenvalue weighted by molar-refractivity contribution is 0.137. The lowest BCUT2D eigenvalue weighted by atomic mass is 9.84. The molecule has 118 valence electrons. The fraction of sp³-hybridized carbons (Fsp3) is 0.688. The Morgan fingerprint density at radius 2 is 2.19 bits per heavy atom. The van der Waals surface area contributed by atoms with E-state index in [9.17, 15) is 4.79 Å². The second-order valence-corrected chi connectivity index (χ2v) is 7.79. The van der Waals surface area contributed by atoms with E-state index in [1.807, 2.05) is 16.3 Å². The van der Waals surface area contributed by atoms with E-state index in [4.69, 9.17) is 4.74 Å². The van der Waals surface area contributed by atoms with Crippen molar-refractivity contribution in [3.63, 3.8) is 0 Å². The predicted molar refractivity (Wildman–Crippen MR) is 86.6 cm³/mol. The number of hydrogen-bond acceptors (Lipinski definition) is 3. The van der Waals surface area contributed by atoms with Crippen LogP contribution in [0, 0.1) is 5.41 Å². The Morgan fingerprint density at radius 3 is 2.67 bits per heavy atom. The van der Waals surface area contributed by atoms with Crippen LogP contribution in [0.1, 0.15) is 38.5 Å². The molecule has 1 heterocycles. The smallest absolute Gasteiger partial charge is 0.318 e. The first-order valence-corrected chi connectivity index (χ1v) is 8.34. The average molecular weight is 310 g/mol. The minimum Gasteiger partial charge on any atom is -0.383 e. The zero-order valence-electron chi connectivity index (χ0n) is 13.4. The number of carbonyl (C=O) groups is 1. The van der Waals surface area contributed by atoms with Gasteiger partial charge in [0.1, 0.15) is 0 Å². The molecule has 2 amide bonds. The summed E-state index contributed by atoms with van der Waals surface area (Å²) in [4.78, 5) is 15.7. The number of nitrogens with one attached hydrogen (secondary N) is 1. The van der Waals surface area contributed by atoms with Crippen LogP contribution in [0.5, 0.6) is 0 Å². The van der Waals surface area contributed by atoms with Gasteiger partial charge in [0.05, 0.1) is 13.2 Å². The maximum absolute atomic E-state index is 12.6. The third kappa shape index (κ3) is 3.98. The van der Waals surface area contributed by atoms with Crippen LogP contribution in [0.3, 0.4) is 0 Å². The van der Waals surface area contributed by atoms with Crippen molar-refractivity contribution in [1.82, 2.24) is 10.2 Å². The van der Waals surface area contributed by atoms with Gasteiger partial charge in [-0.3, -0.25) is 0 Å². The Kier molecular flexibility index (Phi) is 4.94. The van der Waals surface area contributed by atoms with Gasteiger partial charge >= 0.3 is 6.03 Å². The molecular weight excluding hydrogens is 284 g/mol. The lowest BCUT2D eigenvalue weighted by Crippen LogP contribution is -2.51. The molecule has 0 unspecified atom stereocenters. The normalized spacial score (nSPS) is 16.6. The summed E-state index contributed by atoms with van der Waals surface area (Å²) in [6.07, 6.45) is 2.14. The van der Waals surface area contributed by atoms with Gasteiger partial charge in [-0.1, -0.05) is 26.8 Å². The van der Waals surface area contributed by atoms with Crippen LogP contribution < -0.4 is 5.32 Å². The molecule has 0 spiro atoms. The van der Waals surface area contributed by atoms with Gasteiger partial charge in [0, 0.05) is 24.1 Å². The molecule has 0 bridgehead atoms. The van der Waals surface area contributed by atoms with Crippen molar-refractivity contribution >= 4 is 17.4 Å². The fourth-order valence-corrected chi connectivity index (χ4v) is 3.24. The number of carbonyl (C=O) groups excluding carboxylic acids is 1. The van der Waals surface area contributed by atoms with Crippen molar-refractivity contribution in [3.8, 4) is 0 Å². The minimum absolute atomic E-state index is 0.0212. The lowest BCUT2D eigenvalue weighted by Gasteiger charge is -2.34. The molecule has 1 N–H and O–H groups in total. The summed E-state index contributed by atoms with van der Waals surface area (Å²) in [5.74, 6) is 0. The van der Waals surface area contributed by atoms with Crippen molar-refractivity contribution in [2.24, 2.45) is 5.41 Å². The molecule has 1 aliphatic carbocycles. The Balaban J connectivity index is 2.00. The minimum atomic E-state index is -0.0369. The average Bonchev–Trinajstić information content (AvgIpc) is 3.02. The molecule has 1 fully saturated rings. The highest BCUT2D eigenvalue weighted by atomic mass is 32.1. The van der Waals surface area contributed by atoms with E-state index in [1.165, 1.54) is 4.88 Å². The van der Waals surface area contributed by atoms with Crippen LogP contribution in [0.2, 0.25) is 0 Å². The van der Waals surface area contributed by atoms with Gasteiger partial charge in [0.25, 0.3) is 0 Å². The van der Waals surface area contributed by atoms with Crippen molar-refractivity contribution in [2.75, 3.05) is 20.3 Å². The van der Waals surface area contributed by atoms with Gasteiger partial charge < -0.3 is 15.0 Å². The standard InChI is InChI=1S/C16H26N2O2S/c1-15(2,3)16(7-8-16)17-14(19)18(9-10-20-4)12-13-6-5-11-21-13/h5-6,11H,7-10,12H2,1-4H3,(H,17,19). The van der Waals surface area contributed by atoms with Crippen LogP contribution in [0.4, 0.5) is 4.79 Å². The first-order chi connectivity index (χ1) is 9.88. The molecule has 1 saturated carbocycles. The molecule has 21 heavy (non-hydrogen) atoms. The summed E-state index contributed by atoms with van der Waals surface area (Å²) in [6.45, 7) is 8.39. The van der Waals surface area contributed by atoms with E-state index in [-0.39, 0.29) is 17.0 Å². The van der Waals surface area contributed by atoms with E-state index in [0.717, 1.165) is 12.8 Å². The van der Waals surface area contributed by atoms with E-state index in [1.54, 1.807) is 18.4 Å². The molecule has 0 saturated heterocycles. The van der Waals surface area contributed by atoms with Crippen molar-refractivity contribution in [3.05, 3.63) is 22.4 Å². The second kappa shape index (κ2) is 6.36. The van der Waals surface area contributed by atoms with Crippen molar-refractivity contribution < 1.29 is 9.53 Å². The topological polar surface area (TPSA) is 41.6 Å². The van der Waals surface area contributed by atoms with Crippen molar-refractivity contribution in [1.29, 1.82) is 0 Å². The van der Waals surface area contributed by atoms with Gasteiger partial charge in [-0.2, -0.15) is 0 Å². The molecular formula is C16H26N2O2S. The fourth-order valence-electron chi connectivity index (χ4n) is 2.52. The molecule has 1 aromatic heterocycles. The molecule has 0 aromatic carbocycles. The van der Waals surface area contributed by atoms with Crippen LogP contribution in [-0.2, 0) is 11.3 Å². The molecule has 0 atom stereocenters. The van der Waals surface area contributed by atoms with Crippen LogP contribution in [0.15, 0.2) is 17.5 Å². The van der Waals surface area contributed by atoms with Gasteiger partial charge in [-0.05, 0) is 29.7 Å². The van der Waals surface area contributed by atoms with E-state index >= 15 is 0 Å². The Hall–Kier alpha value is -1.07. The zero-order valence-corrected chi connectivity index (χ0v) is 14.3. The summed E-state index contributed by atoms with van der Waals surface area (Å²) in [5.41, 5.74) is 0.0589. The van der Waals surface area contributed by atoms with E-state index < -0.39 is 0 Å². The second-order valence-electron chi connectivity index (χ2n) is 6.76. The van der Waals surface area contributed by atoms with Crippen LogP contribution in [-0.4, -0.2) is 36.7 Å². The number of hydrogen-bond donors (Lipinski definition) is 1. The number of methoxy groups -OCH3 is 1. The first kappa shape index (κ1) is 16.3. The van der Waals surface area contributed by atoms with Gasteiger partial charge in [-0.25, -0.2) is 4.79 Å². The van der Waals surface area contributed by atoms with Gasteiger partial charge in [-0.15, -0.1) is 11.3 Å². The summed E-state index contributed by atoms with van der Waals surface area (Å²) in [7, 11) is 1.67. The third-order valence-corrected chi connectivity index (χ3v) is 5.17. The molecule has 1 aromatic rings. The monoisotopic (exact) mass is 310 g/mol. The maximum Gasteiger partial charge on any atom is 0.318 e. The number of rotatable bonds is 6. The molecule has 5 heteroatoms. The first-order valence-electron chi connectivity index (χ1n) is 7.46. The summed E-state index contributed by atoms with van der Waals surface area (Å²) >= 11 is 1.68. The number of nitrogens with zero attached hydrogens (tertiary/aromatic N) is 1. The van der Waals surface area contributed by atoms with Crippen LogP contribution in [0.25, 0.3) is 0 Å². The van der Waals surface area contributed by atoms with Crippen molar-refractivity contribution in [2.45, 2.75) is 45.7 Å². The number of thiophene rings is 1. The Bertz CT molecular complexity index is 461. The van der Waals surface area contributed by atoms with Gasteiger partial charge in [0.15, 0.2) is 0 Å². The van der Waals surface area contributed by atoms with Gasteiger partial charge in [0.2, 0.25) is 0 Å². The molecule has 0 aliphatic heterocycles. The molecule has 0 radical (unpaired) electrons.